The molecule has 1 aromatic rings. The molecule has 0 unspecified atom stereocenters. The van der Waals surface area contributed by atoms with E-state index in [-0.39, 0.29) is 0 Å². The zero-order chi connectivity index (χ0) is 8.81. The van der Waals surface area contributed by atoms with Crippen LogP contribution in [-0.2, 0) is 6.42 Å². The minimum absolute atomic E-state index is 0.731. The highest BCUT2D eigenvalue weighted by atomic mass is 16.5. The summed E-state index contributed by atoms with van der Waals surface area (Å²) < 4.78 is 5.46. The van der Waals surface area contributed by atoms with Gasteiger partial charge in [0.25, 0.3) is 0 Å². The third kappa shape index (κ3) is 2.26. The van der Waals surface area contributed by atoms with E-state index < -0.39 is 0 Å². The van der Waals surface area contributed by atoms with Crippen LogP contribution in [0.5, 0.6) is 5.75 Å². The SMILES string of the molecule is CCCc1[c]cccc1OCC. The average molecular weight is 163 g/mol. The second-order valence-corrected chi connectivity index (χ2v) is 2.70. The van der Waals surface area contributed by atoms with Gasteiger partial charge in [-0.25, -0.2) is 0 Å². The van der Waals surface area contributed by atoms with Crippen LogP contribution >= 0.6 is 0 Å². The molecule has 1 radical (unpaired) electrons. The van der Waals surface area contributed by atoms with Crippen molar-refractivity contribution in [2.75, 3.05) is 6.61 Å². The van der Waals surface area contributed by atoms with Crippen molar-refractivity contribution >= 4 is 0 Å². The van der Waals surface area contributed by atoms with Crippen molar-refractivity contribution in [1.82, 2.24) is 0 Å². The van der Waals surface area contributed by atoms with Crippen molar-refractivity contribution in [1.29, 1.82) is 0 Å². The van der Waals surface area contributed by atoms with Gasteiger partial charge in [0, 0.05) is 5.56 Å². The van der Waals surface area contributed by atoms with Crippen molar-refractivity contribution < 1.29 is 4.74 Å². The topological polar surface area (TPSA) is 9.23 Å². The van der Waals surface area contributed by atoms with Crippen molar-refractivity contribution in [3.63, 3.8) is 0 Å². The van der Waals surface area contributed by atoms with E-state index in [1.807, 2.05) is 25.1 Å². The van der Waals surface area contributed by atoms with Crippen LogP contribution < -0.4 is 4.74 Å². The van der Waals surface area contributed by atoms with Crippen LogP contribution in [0.2, 0.25) is 0 Å². The molecule has 0 spiro atoms. The van der Waals surface area contributed by atoms with Crippen LogP contribution in [0.4, 0.5) is 0 Å². The fourth-order valence-corrected chi connectivity index (χ4v) is 1.19. The maximum absolute atomic E-state index is 5.46. The van der Waals surface area contributed by atoms with E-state index in [4.69, 9.17) is 4.74 Å². The second-order valence-electron chi connectivity index (χ2n) is 2.70. The van der Waals surface area contributed by atoms with E-state index in [9.17, 15) is 0 Å². The van der Waals surface area contributed by atoms with Gasteiger partial charge in [-0.2, -0.15) is 0 Å². The third-order valence-corrected chi connectivity index (χ3v) is 1.70. The van der Waals surface area contributed by atoms with Gasteiger partial charge in [0.1, 0.15) is 5.75 Å². The number of rotatable bonds is 4. The lowest BCUT2D eigenvalue weighted by Crippen LogP contribution is -1.96. The molecule has 0 aromatic heterocycles. The number of ether oxygens (including phenoxy) is 1. The molecule has 1 rings (SSSR count). The minimum atomic E-state index is 0.731. The standard InChI is InChI=1S/C11H15O/c1-3-7-10-8-5-6-9-11(10)12-4-2/h5-6,9H,3-4,7H2,1-2H3. The van der Waals surface area contributed by atoms with Gasteiger partial charge >= 0.3 is 0 Å². The highest BCUT2D eigenvalue weighted by Crippen LogP contribution is 2.18. The zero-order valence-electron chi connectivity index (χ0n) is 7.76. The lowest BCUT2D eigenvalue weighted by Gasteiger charge is -2.07. The molecule has 0 bridgehead atoms. The first-order chi connectivity index (χ1) is 5.88. The Morgan fingerprint density at radius 3 is 2.92 bits per heavy atom. The van der Waals surface area contributed by atoms with E-state index >= 15 is 0 Å². The molecule has 0 fully saturated rings. The lowest BCUT2D eigenvalue weighted by atomic mass is 10.1. The van der Waals surface area contributed by atoms with Crippen molar-refractivity contribution in [3.05, 3.63) is 29.8 Å². The van der Waals surface area contributed by atoms with Crippen LogP contribution in [0.25, 0.3) is 0 Å². The molecule has 0 atom stereocenters. The summed E-state index contributed by atoms with van der Waals surface area (Å²) in [7, 11) is 0. The highest BCUT2D eigenvalue weighted by Gasteiger charge is 1.99. The molecule has 0 saturated carbocycles. The fourth-order valence-electron chi connectivity index (χ4n) is 1.19. The average Bonchev–Trinajstić information content (AvgIpc) is 2.09. The molecule has 0 aliphatic heterocycles. The summed E-state index contributed by atoms with van der Waals surface area (Å²) in [6, 6.07) is 9.10. The normalized spacial score (nSPS) is 9.83. The Balaban J connectivity index is 2.77. The third-order valence-electron chi connectivity index (χ3n) is 1.70. The summed E-state index contributed by atoms with van der Waals surface area (Å²) in [6.45, 7) is 4.90. The first-order valence-corrected chi connectivity index (χ1v) is 4.50. The van der Waals surface area contributed by atoms with Gasteiger partial charge in [0.15, 0.2) is 0 Å². The molecule has 0 aliphatic rings. The molecule has 1 nitrogen and oxygen atoms in total. The van der Waals surface area contributed by atoms with Gasteiger partial charge in [-0.1, -0.05) is 25.5 Å². The molecule has 0 N–H and O–H groups in total. The Morgan fingerprint density at radius 2 is 2.25 bits per heavy atom. The predicted molar refractivity (Wildman–Crippen MR) is 50.4 cm³/mol. The Morgan fingerprint density at radius 1 is 1.42 bits per heavy atom. The number of hydrogen-bond donors (Lipinski definition) is 0. The molecule has 0 heterocycles. The first kappa shape index (κ1) is 9.11. The summed E-state index contributed by atoms with van der Waals surface area (Å²) in [5, 5.41) is 0. The second kappa shape index (κ2) is 4.81. The Bertz CT molecular complexity index is 205. The van der Waals surface area contributed by atoms with Gasteiger partial charge in [-0.3, -0.25) is 0 Å². The van der Waals surface area contributed by atoms with Crippen molar-refractivity contribution in [2.24, 2.45) is 0 Å². The molecule has 1 heteroatoms. The van der Waals surface area contributed by atoms with Gasteiger partial charge in [-0.05, 0) is 25.5 Å². The largest absolute Gasteiger partial charge is 0.494 e. The lowest BCUT2D eigenvalue weighted by molar-refractivity contribution is 0.336. The molecule has 65 valence electrons. The molecular weight excluding hydrogens is 148 g/mol. The maximum Gasteiger partial charge on any atom is 0.123 e. The molecule has 12 heavy (non-hydrogen) atoms. The van der Waals surface area contributed by atoms with Crippen molar-refractivity contribution in [3.8, 4) is 5.75 Å². The molecule has 0 saturated heterocycles. The van der Waals surface area contributed by atoms with Gasteiger partial charge in [0.05, 0.1) is 6.61 Å². The summed E-state index contributed by atoms with van der Waals surface area (Å²) in [5.74, 6) is 0.988. The quantitative estimate of drug-likeness (QED) is 0.663. The van der Waals surface area contributed by atoms with Crippen molar-refractivity contribution in [2.45, 2.75) is 26.7 Å². The summed E-state index contributed by atoms with van der Waals surface area (Å²) >= 11 is 0. The molecular formula is C11H15O. The summed E-state index contributed by atoms with van der Waals surface area (Å²) in [6.07, 6.45) is 2.19. The number of benzene rings is 1. The van der Waals surface area contributed by atoms with Gasteiger partial charge in [0.2, 0.25) is 0 Å². The van der Waals surface area contributed by atoms with Crippen LogP contribution in [0.3, 0.4) is 0 Å². The van der Waals surface area contributed by atoms with E-state index in [1.54, 1.807) is 0 Å². The fraction of sp³-hybridized carbons (Fsp3) is 0.455. The van der Waals surface area contributed by atoms with Crippen LogP contribution in [0.15, 0.2) is 18.2 Å². The molecule has 0 aliphatic carbocycles. The van der Waals surface area contributed by atoms with Crippen LogP contribution in [0, 0.1) is 6.07 Å². The zero-order valence-corrected chi connectivity index (χ0v) is 7.76. The minimum Gasteiger partial charge on any atom is -0.494 e. The van der Waals surface area contributed by atoms with E-state index in [2.05, 4.69) is 13.0 Å². The molecule has 1 aromatic carbocycles. The Kier molecular flexibility index (Phi) is 3.65. The number of aryl methyl sites for hydroxylation is 1. The first-order valence-electron chi connectivity index (χ1n) is 4.50. The maximum atomic E-state index is 5.46. The summed E-state index contributed by atoms with van der Waals surface area (Å²) in [5.41, 5.74) is 1.20. The smallest absolute Gasteiger partial charge is 0.123 e. The van der Waals surface area contributed by atoms with E-state index in [0.717, 1.165) is 25.2 Å². The van der Waals surface area contributed by atoms with Gasteiger partial charge < -0.3 is 4.74 Å². The monoisotopic (exact) mass is 163 g/mol. The summed E-state index contributed by atoms with van der Waals surface area (Å²) in [4.78, 5) is 0. The van der Waals surface area contributed by atoms with E-state index in [0.29, 0.717) is 0 Å². The predicted octanol–water partition coefficient (Wildman–Crippen LogP) is 2.84. The highest BCUT2D eigenvalue weighted by molar-refractivity contribution is 5.32. The molecule has 0 amide bonds. The van der Waals surface area contributed by atoms with Crippen LogP contribution in [-0.4, -0.2) is 6.61 Å². The van der Waals surface area contributed by atoms with Gasteiger partial charge in [-0.15, -0.1) is 0 Å². The Hall–Kier alpha value is -0.980. The Labute approximate surface area is 74.4 Å². The van der Waals surface area contributed by atoms with Crippen LogP contribution in [0.1, 0.15) is 25.8 Å². The van der Waals surface area contributed by atoms with E-state index in [1.165, 1.54) is 5.56 Å². The number of hydrogen-bond acceptors (Lipinski definition) is 1.